The van der Waals surface area contributed by atoms with Crippen molar-refractivity contribution >= 4 is 6.09 Å². The Morgan fingerprint density at radius 2 is 2.12 bits per heavy atom. The molecule has 0 aliphatic carbocycles. The molecule has 3 N–H and O–H groups in total. The van der Waals surface area contributed by atoms with Gasteiger partial charge in [0.1, 0.15) is 5.60 Å². The van der Waals surface area contributed by atoms with E-state index in [1.54, 1.807) is 4.90 Å². The zero-order chi connectivity index (χ0) is 13.1. The Hall–Kier alpha value is -0.810. The van der Waals surface area contributed by atoms with E-state index < -0.39 is 11.1 Å². The SMILES string of the molecule is CC(C)(C)OC(=O)N1CCCCC1(CN)CO. The largest absolute Gasteiger partial charge is 0.444 e. The minimum absolute atomic E-state index is 0.108. The molecule has 0 aromatic rings. The van der Waals surface area contributed by atoms with Crippen LogP contribution in [0.2, 0.25) is 0 Å². The molecule has 1 aliphatic rings. The number of carbonyl (C=O) groups is 1. The highest BCUT2D eigenvalue weighted by Crippen LogP contribution is 2.28. The first-order valence-corrected chi connectivity index (χ1v) is 6.16. The first-order valence-electron chi connectivity index (χ1n) is 6.16. The van der Waals surface area contributed by atoms with Crippen LogP contribution in [0.4, 0.5) is 4.79 Å². The van der Waals surface area contributed by atoms with Gasteiger partial charge in [-0.2, -0.15) is 0 Å². The Bertz CT molecular complexity index is 269. The van der Waals surface area contributed by atoms with E-state index >= 15 is 0 Å². The number of hydrogen-bond donors (Lipinski definition) is 2. The number of rotatable bonds is 2. The Balaban J connectivity index is 2.81. The summed E-state index contributed by atoms with van der Waals surface area (Å²) in [6.07, 6.45) is 2.27. The molecular weight excluding hydrogens is 220 g/mol. The number of ether oxygens (including phenoxy) is 1. The van der Waals surface area contributed by atoms with Crippen molar-refractivity contribution in [1.82, 2.24) is 4.90 Å². The van der Waals surface area contributed by atoms with Gasteiger partial charge in [-0.3, -0.25) is 4.90 Å². The third kappa shape index (κ3) is 3.33. The number of amides is 1. The summed E-state index contributed by atoms with van der Waals surface area (Å²) >= 11 is 0. The number of nitrogens with zero attached hydrogens (tertiary/aromatic N) is 1. The number of aliphatic hydroxyl groups is 1. The van der Waals surface area contributed by atoms with Crippen LogP contribution in [-0.2, 0) is 4.74 Å². The van der Waals surface area contributed by atoms with E-state index in [1.165, 1.54) is 0 Å². The second kappa shape index (κ2) is 5.23. The van der Waals surface area contributed by atoms with Gasteiger partial charge in [0.2, 0.25) is 0 Å². The molecule has 5 nitrogen and oxygen atoms in total. The van der Waals surface area contributed by atoms with Gasteiger partial charge in [-0.05, 0) is 40.0 Å². The standard InChI is InChI=1S/C12H24N2O3/c1-11(2,3)17-10(16)14-7-5-4-6-12(14,8-13)9-15/h15H,4-9,13H2,1-3H3. The van der Waals surface area contributed by atoms with Crippen LogP contribution in [-0.4, -0.2) is 46.9 Å². The van der Waals surface area contributed by atoms with E-state index in [-0.39, 0.29) is 19.2 Å². The van der Waals surface area contributed by atoms with Crippen LogP contribution in [0.3, 0.4) is 0 Å². The van der Waals surface area contributed by atoms with Crippen molar-refractivity contribution in [2.75, 3.05) is 19.7 Å². The molecule has 100 valence electrons. The van der Waals surface area contributed by atoms with E-state index in [0.29, 0.717) is 6.54 Å². The highest BCUT2D eigenvalue weighted by molar-refractivity contribution is 5.69. The van der Waals surface area contributed by atoms with Crippen LogP contribution in [0, 0.1) is 0 Å². The van der Waals surface area contributed by atoms with Gasteiger partial charge in [0.25, 0.3) is 0 Å². The second-order valence-electron chi connectivity index (χ2n) is 5.68. The van der Waals surface area contributed by atoms with Crippen molar-refractivity contribution in [3.05, 3.63) is 0 Å². The average Bonchev–Trinajstić information content (AvgIpc) is 2.26. The molecule has 0 saturated carbocycles. The molecule has 0 aromatic carbocycles. The zero-order valence-electron chi connectivity index (χ0n) is 11.0. The van der Waals surface area contributed by atoms with Crippen LogP contribution in [0.1, 0.15) is 40.0 Å². The predicted molar refractivity (Wildman–Crippen MR) is 65.7 cm³/mol. The van der Waals surface area contributed by atoms with Crippen molar-refractivity contribution in [3.63, 3.8) is 0 Å². The fourth-order valence-corrected chi connectivity index (χ4v) is 2.14. The summed E-state index contributed by atoms with van der Waals surface area (Å²) in [5.74, 6) is 0. The maximum Gasteiger partial charge on any atom is 0.410 e. The minimum Gasteiger partial charge on any atom is -0.444 e. The third-order valence-corrected chi connectivity index (χ3v) is 3.13. The first kappa shape index (κ1) is 14.3. The monoisotopic (exact) mass is 244 g/mol. The van der Waals surface area contributed by atoms with E-state index in [2.05, 4.69) is 0 Å². The molecule has 1 rings (SSSR count). The number of carbonyl (C=O) groups excluding carboxylic acids is 1. The normalized spacial score (nSPS) is 25.8. The molecule has 1 heterocycles. The lowest BCUT2D eigenvalue weighted by Crippen LogP contribution is -2.61. The highest BCUT2D eigenvalue weighted by Gasteiger charge is 2.41. The molecule has 1 unspecified atom stereocenters. The van der Waals surface area contributed by atoms with Gasteiger partial charge < -0.3 is 15.6 Å². The maximum atomic E-state index is 12.1. The number of likely N-dealkylation sites (tertiary alicyclic amines) is 1. The minimum atomic E-state index is -0.638. The fourth-order valence-electron chi connectivity index (χ4n) is 2.14. The molecule has 1 aliphatic heterocycles. The summed E-state index contributed by atoms with van der Waals surface area (Å²) in [5.41, 5.74) is 4.57. The highest BCUT2D eigenvalue weighted by atomic mass is 16.6. The molecule has 17 heavy (non-hydrogen) atoms. The van der Waals surface area contributed by atoms with Crippen LogP contribution in [0.5, 0.6) is 0 Å². The number of aliphatic hydroxyl groups excluding tert-OH is 1. The molecule has 0 spiro atoms. The van der Waals surface area contributed by atoms with Gasteiger partial charge in [0.15, 0.2) is 0 Å². The van der Waals surface area contributed by atoms with Crippen LogP contribution in [0.25, 0.3) is 0 Å². The lowest BCUT2D eigenvalue weighted by Gasteiger charge is -2.45. The van der Waals surface area contributed by atoms with Gasteiger partial charge in [-0.1, -0.05) is 0 Å². The van der Waals surface area contributed by atoms with E-state index in [1.807, 2.05) is 20.8 Å². The first-order chi connectivity index (χ1) is 7.84. The van der Waals surface area contributed by atoms with Gasteiger partial charge in [0.05, 0.1) is 12.1 Å². The second-order valence-corrected chi connectivity index (χ2v) is 5.68. The molecular formula is C12H24N2O3. The lowest BCUT2D eigenvalue weighted by atomic mass is 9.87. The van der Waals surface area contributed by atoms with E-state index in [0.717, 1.165) is 19.3 Å². The molecule has 5 heteroatoms. The molecule has 1 saturated heterocycles. The zero-order valence-corrected chi connectivity index (χ0v) is 11.0. The van der Waals surface area contributed by atoms with Crippen LogP contribution in [0.15, 0.2) is 0 Å². The van der Waals surface area contributed by atoms with Crippen LogP contribution < -0.4 is 5.73 Å². The summed E-state index contributed by atoms with van der Waals surface area (Å²) in [6, 6.07) is 0. The number of piperidine rings is 1. The quantitative estimate of drug-likeness (QED) is 0.762. The number of nitrogens with two attached hydrogens (primary N) is 1. The van der Waals surface area contributed by atoms with E-state index in [9.17, 15) is 9.90 Å². The maximum absolute atomic E-state index is 12.1. The third-order valence-electron chi connectivity index (χ3n) is 3.13. The predicted octanol–water partition coefficient (Wildman–Crippen LogP) is 1.10. The van der Waals surface area contributed by atoms with Crippen molar-refractivity contribution < 1.29 is 14.6 Å². The van der Waals surface area contributed by atoms with Gasteiger partial charge in [-0.15, -0.1) is 0 Å². The smallest absolute Gasteiger partial charge is 0.410 e. The summed E-state index contributed by atoms with van der Waals surface area (Å²) in [4.78, 5) is 13.7. The van der Waals surface area contributed by atoms with Crippen molar-refractivity contribution in [1.29, 1.82) is 0 Å². The lowest BCUT2D eigenvalue weighted by molar-refractivity contribution is -0.0304. The summed E-state index contributed by atoms with van der Waals surface area (Å²) in [7, 11) is 0. The molecule has 1 atom stereocenters. The van der Waals surface area contributed by atoms with Crippen molar-refractivity contribution in [3.8, 4) is 0 Å². The Morgan fingerprint density at radius 1 is 1.47 bits per heavy atom. The van der Waals surface area contributed by atoms with Gasteiger partial charge in [-0.25, -0.2) is 4.79 Å². The average molecular weight is 244 g/mol. The molecule has 1 fully saturated rings. The number of hydrogen-bond acceptors (Lipinski definition) is 4. The van der Waals surface area contributed by atoms with Gasteiger partial charge in [0, 0.05) is 13.1 Å². The Kier molecular flexibility index (Phi) is 4.38. The van der Waals surface area contributed by atoms with Gasteiger partial charge >= 0.3 is 6.09 Å². The summed E-state index contributed by atoms with van der Waals surface area (Å²) < 4.78 is 5.36. The Morgan fingerprint density at radius 3 is 2.59 bits per heavy atom. The molecule has 0 bridgehead atoms. The van der Waals surface area contributed by atoms with Crippen molar-refractivity contribution in [2.45, 2.75) is 51.2 Å². The van der Waals surface area contributed by atoms with E-state index in [4.69, 9.17) is 10.5 Å². The summed E-state index contributed by atoms with van der Waals surface area (Å²) in [6.45, 7) is 6.26. The fraction of sp³-hybridized carbons (Fsp3) is 0.917. The topological polar surface area (TPSA) is 75.8 Å². The van der Waals surface area contributed by atoms with Crippen molar-refractivity contribution in [2.24, 2.45) is 5.73 Å². The molecule has 0 radical (unpaired) electrons. The molecule has 0 aromatic heterocycles. The molecule has 1 amide bonds. The van der Waals surface area contributed by atoms with Crippen LogP contribution >= 0.6 is 0 Å². The Labute approximate surface area is 103 Å². The summed E-state index contributed by atoms with van der Waals surface area (Å²) in [5, 5.41) is 9.53.